The molecule has 1 atom stereocenters. The predicted molar refractivity (Wildman–Crippen MR) is 127 cm³/mol. The fraction of sp³-hybridized carbons (Fsp3) is 0.208. The van der Waals surface area contributed by atoms with Crippen molar-refractivity contribution in [2.75, 3.05) is 20.8 Å². The first kappa shape index (κ1) is 21.6. The predicted octanol–water partition coefficient (Wildman–Crippen LogP) is 4.60. The van der Waals surface area contributed by atoms with Crippen molar-refractivity contribution in [3.8, 4) is 22.9 Å². The second kappa shape index (κ2) is 9.23. The van der Waals surface area contributed by atoms with Crippen molar-refractivity contribution in [1.82, 2.24) is 20.4 Å². The van der Waals surface area contributed by atoms with E-state index in [1.165, 1.54) is 0 Å². The van der Waals surface area contributed by atoms with E-state index in [1.54, 1.807) is 20.3 Å². The van der Waals surface area contributed by atoms with Crippen LogP contribution in [0.15, 0.2) is 71.4 Å². The highest BCUT2D eigenvalue weighted by Gasteiger charge is 2.33. The van der Waals surface area contributed by atoms with Crippen molar-refractivity contribution in [3.05, 3.63) is 78.3 Å². The normalized spacial score (nSPS) is 16.0. The molecule has 164 valence electrons. The summed E-state index contributed by atoms with van der Waals surface area (Å²) in [6.45, 7) is 6.41. The fourth-order valence-corrected chi connectivity index (χ4v) is 4.00. The lowest BCUT2D eigenvalue weighted by Gasteiger charge is -2.36. The van der Waals surface area contributed by atoms with Crippen molar-refractivity contribution < 1.29 is 14.0 Å². The highest BCUT2D eigenvalue weighted by atomic mass is 32.1. The molecule has 1 aliphatic heterocycles. The van der Waals surface area contributed by atoms with Crippen LogP contribution in [0.5, 0.6) is 11.5 Å². The maximum absolute atomic E-state index is 5.74. The van der Waals surface area contributed by atoms with Gasteiger partial charge < -0.3 is 24.2 Å². The summed E-state index contributed by atoms with van der Waals surface area (Å²) in [7, 11) is 3.27. The van der Waals surface area contributed by atoms with E-state index in [0.29, 0.717) is 23.4 Å². The molecule has 0 saturated carbocycles. The Hall–Kier alpha value is -3.65. The number of allylic oxidation sites excluding steroid dienone is 1. The molecule has 1 aliphatic rings. The quantitative estimate of drug-likeness (QED) is 0.415. The molecule has 0 fully saturated rings. The molecule has 2 heterocycles. The molecule has 0 amide bonds. The summed E-state index contributed by atoms with van der Waals surface area (Å²) in [4.78, 5) is 6.67. The van der Waals surface area contributed by atoms with Gasteiger partial charge in [0.25, 0.3) is 5.89 Å². The van der Waals surface area contributed by atoms with Crippen LogP contribution in [0.3, 0.4) is 0 Å². The third-order valence-corrected chi connectivity index (χ3v) is 5.68. The Bertz CT molecular complexity index is 1170. The van der Waals surface area contributed by atoms with Gasteiger partial charge in [-0.1, -0.05) is 35.5 Å². The van der Waals surface area contributed by atoms with Crippen molar-refractivity contribution >= 4 is 22.9 Å². The number of hydrogen-bond acceptors (Lipinski definition) is 6. The van der Waals surface area contributed by atoms with Crippen LogP contribution in [-0.4, -0.2) is 40.9 Å². The van der Waals surface area contributed by atoms with E-state index in [1.807, 2.05) is 60.4 Å². The number of nitrogens with zero attached hydrogens (tertiary/aromatic N) is 3. The van der Waals surface area contributed by atoms with Gasteiger partial charge in [0.15, 0.2) is 5.11 Å². The average molecular weight is 449 g/mol. The second-order valence-electron chi connectivity index (χ2n) is 7.21. The summed E-state index contributed by atoms with van der Waals surface area (Å²) in [6, 6.07) is 15.1. The maximum atomic E-state index is 5.74. The standard InChI is InChI=1S/C24H24N4O3S/c1-5-13-28-15(2)20(21(25-24(28)32)16-9-11-18(29-3)12-10-16)23-26-22(27-31-23)17-7-6-8-19(14-17)30-4/h5-12,14,21H,1,13H2,2-4H3,(H,25,32). The second-order valence-corrected chi connectivity index (χ2v) is 7.60. The number of ether oxygens (including phenoxy) is 2. The molecular formula is C24H24N4O3S. The number of hydrogen-bond donors (Lipinski definition) is 1. The highest BCUT2D eigenvalue weighted by molar-refractivity contribution is 7.80. The Morgan fingerprint density at radius 3 is 2.59 bits per heavy atom. The number of nitrogens with one attached hydrogen (secondary N) is 1. The van der Waals surface area contributed by atoms with Crippen LogP contribution in [0.1, 0.15) is 24.4 Å². The van der Waals surface area contributed by atoms with E-state index < -0.39 is 0 Å². The molecule has 2 aromatic carbocycles. The lowest BCUT2D eigenvalue weighted by atomic mass is 9.94. The maximum Gasteiger partial charge on any atom is 0.258 e. The minimum absolute atomic E-state index is 0.256. The SMILES string of the molecule is C=CCN1C(=S)NC(c2ccc(OC)cc2)C(c2nc(-c3cccc(OC)c3)no2)=C1C. The third-order valence-electron chi connectivity index (χ3n) is 5.34. The highest BCUT2D eigenvalue weighted by Crippen LogP contribution is 2.38. The Balaban J connectivity index is 1.80. The van der Waals surface area contributed by atoms with Gasteiger partial charge in [0.05, 0.1) is 25.8 Å². The molecule has 1 unspecified atom stereocenters. The minimum atomic E-state index is -0.256. The smallest absolute Gasteiger partial charge is 0.258 e. The van der Waals surface area contributed by atoms with Crippen molar-refractivity contribution in [3.63, 3.8) is 0 Å². The van der Waals surface area contributed by atoms with Gasteiger partial charge in [-0.05, 0) is 49.0 Å². The molecule has 8 heteroatoms. The summed E-state index contributed by atoms with van der Waals surface area (Å²) < 4.78 is 16.4. The first-order valence-corrected chi connectivity index (χ1v) is 10.5. The number of rotatable bonds is 7. The summed E-state index contributed by atoms with van der Waals surface area (Å²) in [6.07, 6.45) is 1.80. The van der Waals surface area contributed by atoms with Crippen LogP contribution in [0.25, 0.3) is 17.0 Å². The summed E-state index contributed by atoms with van der Waals surface area (Å²) in [5.74, 6) is 2.41. The van der Waals surface area contributed by atoms with E-state index >= 15 is 0 Å². The Morgan fingerprint density at radius 1 is 1.16 bits per heavy atom. The zero-order valence-corrected chi connectivity index (χ0v) is 19.0. The number of thiocarbonyl (C=S) groups is 1. The lowest BCUT2D eigenvalue weighted by Crippen LogP contribution is -2.45. The number of aromatic nitrogens is 2. The van der Waals surface area contributed by atoms with Gasteiger partial charge in [0.1, 0.15) is 11.5 Å². The van der Waals surface area contributed by atoms with E-state index in [4.69, 9.17) is 31.2 Å². The van der Waals surface area contributed by atoms with E-state index in [0.717, 1.165) is 33.9 Å². The molecule has 32 heavy (non-hydrogen) atoms. The van der Waals surface area contributed by atoms with Crippen molar-refractivity contribution in [2.45, 2.75) is 13.0 Å². The van der Waals surface area contributed by atoms with Gasteiger partial charge in [0, 0.05) is 17.8 Å². The molecule has 0 aliphatic carbocycles. The van der Waals surface area contributed by atoms with Gasteiger partial charge in [0.2, 0.25) is 5.82 Å². The number of benzene rings is 2. The summed E-state index contributed by atoms with van der Waals surface area (Å²) in [5, 5.41) is 8.25. The van der Waals surface area contributed by atoms with Crippen LogP contribution >= 0.6 is 12.2 Å². The van der Waals surface area contributed by atoms with Crippen molar-refractivity contribution in [2.24, 2.45) is 0 Å². The molecule has 0 saturated heterocycles. The van der Waals surface area contributed by atoms with Crippen LogP contribution < -0.4 is 14.8 Å². The first-order valence-electron chi connectivity index (χ1n) is 10.1. The van der Waals surface area contributed by atoms with Gasteiger partial charge in [-0.2, -0.15) is 4.98 Å². The first-order chi connectivity index (χ1) is 15.5. The molecular weight excluding hydrogens is 424 g/mol. The van der Waals surface area contributed by atoms with Gasteiger partial charge >= 0.3 is 0 Å². The Kier molecular flexibility index (Phi) is 6.23. The zero-order chi connectivity index (χ0) is 22.7. The number of methoxy groups -OCH3 is 2. The minimum Gasteiger partial charge on any atom is -0.497 e. The van der Waals surface area contributed by atoms with Crippen molar-refractivity contribution in [1.29, 1.82) is 0 Å². The van der Waals surface area contributed by atoms with E-state index in [9.17, 15) is 0 Å². The van der Waals surface area contributed by atoms with Gasteiger partial charge in [-0.3, -0.25) is 0 Å². The van der Waals surface area contributed by atoms with E-state index in [2.05, 4.69) is 17.1 Å². The van der Waals surface area contributed by atoms with Gasteiger partial charge in [-0.15, -0.1) is 6.58 Å². The Morgan fingerprint density at radius 2 is 1.91 bits per heavy atom. The summed E-state index contributed by atoms with van der Waals surface area (Å²) in [5.41, 5.74) is 3.59. The van der Waals surface area contributed by atoms with Gasteiger partial charge in [-0.25, -0.2) is 0 Å². The largest absolute Gasteiger partial charge is 0.497 e. The fourth-order valence-electron chi connectivity index (χ4n) is 3.67. The van der Waals surface area contributed by atoms with Crippen LogP contribution in [0.2, 0.25) is 0 Å². The topological polar surface area (TPSA) is 72.7 Å². The molecule has 1 N–H and O–H groups in total. The monoisotopic (exact) mass is 448 g/mol. The molecule has 3 aromatic rings. The van der Waals surface area contributed by atoms with Crippen LogP contribution in [0, 0.1) is 0 Å². The third kappa shape index (κ3) is 4.09. The van der Waals surface area contributed by atoms with E-state index in [-0.39, 0.29) is 6.04 Å². The molecule has 0 spiro atoms. The molecule has 1 aromatic heterocycles. The zero-order valence-electron chi connectivity index (χ0n) is 18.2. The average Bonchev–Trinajstić information content (AvgIpc) is 3.31. The molecule has 7 nitrogen and oxygen atoms in total. The molecule has 4 rings (SSSR count). The molecule has 0 radical (unpaired) electrons. The lowest BCUT2D eigenvalue weighted by molar-refractivity contribution is 0.398. The molecule has 0 bridgehead atoms. The summed E-state index contributed by atoms with van der Waals surface area (Å²) >= 11 is 5.64. The van der Waals surface area contributed by atoms with Crippen LogP contribution in [0.4, 0.5) is 0 Å². The Labute approximate surface area is 192 Å². The van der Waals surface area contributed by atoms with Crippen LogP contribution in [-0.2, 0) is 0 Å².